The van der Waals surface area contributed by atoms with Gasteiger partial charge in [-0.1, -0.05) is 12.1 Å². The molecule has 1 aromatic carbocycles. The van der Waals surface area contributed by atoms with Crippen LogP contribution in [0.5, 0.6) is 5.75 Å². The summed E-state index contributed by atoms with van der Waals surface area (Å²) in [5.41, 5.74) is -0.978. The number of alkyl halides is 3. The number of nitrogens with zero attached hydrogens (tertiary/aromatic N) is 1. The summed E-state index contributed by atoms with van der Waals surface area (Å²) in [5.74, 6) is -0.238. The second-order valence-corrected chi connectivity index (χ2v) is 4.42. The minimum atomic E-state index is -4.63. The van der Waals surface area contributed by atoms with E-state index >= 15 is 0 Å². The number of hydrogen-bond donors (Lipinski definition) is 2. The number of H-pyrrole nitrogens is 1. The van der Waals surface area contributed by atoms with E-state index in [-0.39, 0.29) is 6.54 Å². The van der Waals surface area contributed by atoms with Crippen molar-refractivity contribution in [1.82, 2.24) is 15.5 Å². The Labute approximate surface area is 124 Å². The van der Waals surface area contributed by atoms with Crippen LogP contribution >= 0.6 is 0 Å². The van der Waals surface area contributed by atoms with Gasteiger partial charge in [0.15, 0.2) is 0 Å². The molecule has 5 nitrogen and oxygen atoms in total. The van der Waals surface area contributed by atoms with E-state index in [0.717, 1.165) is 0 Å². The first-order chi connectivity index (χ1) is 10.4. The van der Waals surface area contributed by atoms with Crippen molar-refractivity contribution in [1.29, 1.82) is 0 Å². The van der Waals surface area contributed by atoms with Crippen molar-refractivity contribution in [3.05, 3.63) is 47.3 Å². The Hall–Kier alpha value is -2.51. The first-order valence-corrected chi connectivity index (χ1v) is 6.52. The van der Waals surface area contributed by atoms with Crippen molar-refractivity contribution >= 4 is 5.91 Å². The van der Waals surface area contributed by atoms with Crippen molar-refractivity contribution in [2.45, 2.75) is 19.6 Å². The van der Waals surface area contributed by atoms with Gasteiger partial charge in [0.05, 0.1) is 12.8 Å². The number of hydrogen-bond acceptors (Lipinski definition) is 3. The number of aromatic amines is 1. The standard InChI is InChI=1S/C14H14F3N3O2/c1-2-22-10-5-3-4-9(6-10)7-18-13(21)12-11(8-19-20-12)14(15,16)17/h3-6,8H,2,7H2,1H3,(H,18,21)(H,19,20). The fraction of sp³-hybridized carbons (Fsp3) is 0.286. The minimum absolute atomic E-state index is 0.0794. The molecule has 0 unspecified atom stereocenters. The fourth-order valence-electron chi connectivity index (χ4n) is 1.86. The molecule has 0 aliphatic rings. The third kappa shape index (κ3) is 3.78. The summed E-state index contributed by atoms with van der Waals surface area (Å²) in [5, 5.41) is 7.77. The molecule has 0 saturated carbocycles. The van der Waals surface area contributed by atoms with Crippen LogP contribution in [0.3, 0.4) is 0 Å². The molecule has 0 saturated heterocycles. The van der Waals surface area contributed by atoms with Crippen molar-refractivity contribution in [3.8, 4) is 5.75 Å². The third-order valence-electron chi connectivity index (χ3n) is 2.83. The second kappa shape index (κ2) is 6.50. The summed E-state index contributed by atoms with van der Waals surface area (Å²) in [6, 6.07) is 6.94. The molecule has 22 heavy (non-hydrogen) atoms. The lowest BCUT2D eigenvalue weighted by Gasteiger charge is -2.09. The van der Waals surface area contributed by atoms with Crippen LogP contribution in [-0.4, -0.2) is 22.7 Å². The largest absolute Gasteiger partial charge is 0.494 e. The fourth-order valence-corrected chi connectivity index (χ4v) is 1.86. The molecule has 1 aromatic heterocycles. The highest BCUT2D eigenvalue weighted by Gasteiger charge is 2.37. The van der Waals surface area contributed by atoms with Crippen LogP contribution in [-0.2, 0) is 12.7 Å². The predicted octanol–water partition coefficient (Wildman–Crippen LogP) is 2.76. The molecular formula is C14H14F3N3O2. The lowest BCUT2D eigenvalue weighted by Crippen LogP contribution is -2.25. The summed E-state index contributed by atoms with van der Waals surface area (Å²) in [6.07, 6.45) is -4.04. The van der Waals surface area contributed by atoms with Crippen molar-refractivity contribution in [3.63, 3.8) is 0 Å². The zero-order chi connectivity index (χ0) is 16.2. The highest BCUT2D eigenvalue weighted by molar-refractivity contribution is 5.93. The molecule has 2 aromatic rings. The quantitative estimate of drug-likeness (QED) is 0.892. The van der Waals surface area contributed by atoms with Crippen LogP contribution in [0.1, 0.15) is 28.5 Å². The van der Waals surface area contributed by atoms with Gasteiger partial charge in [0.1, 0.15) is 17.0 Å². The number of aromatic nitrogens is 2. The minimum Gasteiger partial charge on any atom is -0.494 e. The van der Waals surface area contributed by atoms with Crippen LogP contribution in [0.2, 0.25) is 0 Å². The molecule has 1 heterocycles. The monoisotopic (exact) mass is 313 g/mol. The molecule has 0 radical (unpaired) electrons. The average molecular weight is 313 g/mol. The Kier molecular flexibility index (Phi) is 4.69. The van der Waals surface area contributed by atoms with Gasteiger partial charge < -0.3 is 10.1 Å². The van der Waals surface area contributed by atoms with Crippen LogP contribution in [0.25, 0.3) is 0 Å². The lowest BCUT2D eigenvalue weighted by molar-refractivity contribution is -0.137. The number of carbonyl (C=O) groups excluding carboxylic acids is 1. The summed E-state index contributed by atoms with van der Waals surface area (Å²) in [7, 11) is 0. The number of nitrogens with one attached hydrogen (secondary N) is 2. The molecular weight excluding hydrogens is 299 g/mol. The average Bonchev–Trinajstić information content (AvgIpc) is 2.95. The maximum Gasteiger partial charge on any atom is 0.420 e. The van der Waals surface area contributed by atoms with Crippen molar-refractivity contribution in [2.75, 3.05) is 6.61 Å². The van der Waals surface area contributed by atoms with E-state index < -0.39 is 23.3 Å². The predicted molar refractivity (Wildman–Crippen MR) is 72.4 cm³/mol. The van der Waals surface area contributed by atoms with Crippen molar-refractivity contribution in [2.24, 2.45) is 0 Å². The highest BCUT2D eigenvalue weighted by atomic mass is 19.4. The van der Waals surface area contributed by atoms with E-state index in [0.29, 0.717) is 24.1 Å². The number of ether oxygens (including phenoxy) is 1. The van der Waals surface area contributed by atoms with Crippen LogP contribution in [0.4, 0.5) is 13.2 Å². The molecule has 118 valence electrons. The zero-order valence-electron chi connectivity index (χ0n) is 11.7. The van der Waals surface area contributed by atoms with E-state index in [1.54, 1.807) is 24.3 Å². The normalized spacial score (nSPS) is 11.3. The van der Waals surface area contributed by atoms with Crippen LogP contribution < -0.4 is 10.1 Å². The summed E-state index contributed by atoms with van der Waals surface area (Å²) >= 11 is 0. The molecule has 2 N–H and O–H groups in total. The van der Waals surface area contributed by atoms with Gasteiger partial charge in [0, 0.05) is 6.54 Å². The topological polar surface area (TPSA) is 67.0 Å². The first kappa shape index (κ1) is 15.9. The maximum atomic E-state index is 12.7. The smallest absolute Gasteiger partial charge is 0.420 e. The molecule has 2 rings (SSSR count). The number of amides is 1. The number of benzene rings is 1. The van der Waals surface area contributed by atoms with E-state index in [1.165, 1.54) is 0 Å². The Bertz CT molecular complexity index is 653. The Morgan fingerprint density at radius 1 is 1.41 bits per heavy atom. The maximum absolute atomic E-state index is 12.7. The van der Waals surface area contributed by atoms with Gasteiger partial charge in [-0.3, -0.25) is 9.89 Å². The molecule has 0 atom stereocenters. The van der Waals surface area contributed by atoms with Crippen molar-refractivity contribution < 1.29 is 22.7 Å². The van der Waals surface area contributed by atoms with Crippen LogP contribution in [0, 0.1) is 0 Å². The Morgan fingerprint density at radius 2 is 2.18 bits per heavy atom. The van der Waals surface area contributed by atoms with Gasteiger partial charge in [-0.2, -0.15) is 18.3 Å². The molecule has 8 heteroatoms. The van der Waals surface area contributed by atoms with Gasteiger partial charge >= 0.3 is 6.18 Å². The molecule has 0 fully saturated rings. The van der Waals surface area contributed by atoms with E-state index in [4.69, 9.17) is 4.74 Å². The van der Waals surface area contributed by atoms with E-state index in [1.807, 2.05) is 6.92 Å². The summed E-state index contributed by atoms with van der Waals surface area (Å²) in [4.78, 5) is 11.8. The number of rotatable bonds is 5. The zero-order valence-corrected chi connectivity index (χ0v) is 11.7. The van der Waals surface area contributed by atoms with Crippen LogP contribution in [0.15, 0.2) is 30.5 Å². The first-order valence-electron chi connectivity index (χ1n) is 6.52. The van der Waals surface area contributed by atoms with E-state index in [9.17, 15) is 18.0 Å². The summed E-state index contributed by atoms with van der Waals surface area (Å²) in [6.45, 7) is 2.42. The molecule has 0 bridgehead atoms. The van der Waals surface area contributed by atoms with Gasteiger partial charge in [-0.05, 0) is 24.6 Å². The van der Waals surface area contributed by atoms with E-state index in [2.05, 4.69) is 15.5 Å². The Morgan fingerprint density at radius 3 is 2.86 bits per heavy atom. The SMILES string of the molecule is CCOc1cccc(CNC(=O)c2[nH]ncc2C(F)(F)F)c1. The third-order valence-corrected chi connectivity index (χ3v) is 2.83. The molecule has 0 spiro atoms. The lowest BCUT2D eigenvalue weighted by atomic mass is 10.2. The molecule has 0 aliphatic heterocycles. The van der Waals surface area contributed by atoms with Gasteiger partial charge in [0.2, 0.25) is 0 Å². The number of halogens is 3. The Balaban J connectivity index is 2.05. The second-order valence-electron chi connectivity index (χ2n) is 4.42. The number of carbonyl (C=O) groups is 1. The van der Waals surface area contributed by atoms with Gasteiger partial charge in [-0.25, -0.2) is 0 Å². The molecule has 0 aliphatic carbocycles. The molecule has 1 amide bonds. The summed E-state index contributed by atoms with van der Waals surface area (Å²) < 4.78 is 43.4. The highest BCUT2D eigenvalue weighted by Crippen LogP contribution is 2.30. The van der Waals surface area contributed by atoms with Gasteiger partial charge in [-0.15, -0.1) is 0 Å². The van der Waals surface area contributed by atoms with Gasteiger partial charge in [0.25, 0.3) is 5.91 Å².